The second-order valence-corrected chi connectivity index (χ2v) is 4.17. The van der Waals surface area contributed by atoms with Crippen molar-refractivity contribution in [2.24, 2.45) is 5.92 Å². The number of nitrogens with zero attached hydrogens (tertiary/aromatic N) is 1. The predicted molar refractivity (Wildman–Crippen MR) is 60.2 cm³/mol. The minimum absolute atomic E-state index is 0.0324. The van der Waals surface area contributed by atoms with Crippen molar-refractivity contribution in [1.29, 1.82) is 0 Å². The molecule has 0 fully saturated rings. The molecule has 0 aromatic carbocycles. The summed E-state index contributed by atoms with van der Waals surface area (Å²) in [5.41, 5.74) is 1.04. The van der Waals surface area contributed by atoms with Gasteiger partial charge in [-0.05, 0) is 24.5 Å². The molecule has 0 bridgehead atoms. The van der Waals surface area contributed by atoms with Crippen LogP contribution < -0.4 is 5.32 Å². The van der Waals surface area contributed by atoms with Crippen molar-refractivity contribution in [3.63, 3.8) is 0 Å². The number of amides is 1. The lowest BCUT2D eigenvalue weighted by molar-refractivity contribution is -0.122. The zero-order valence-corrected chi connectivity index (χ0v) is 9.53. The number of nitrogens with one attached hydrogen (secondary N) is 1. The van der Waals surface area contributed by atoms with Gasteiger partial charge in [0, 0.05) is 18.8 Å². The number of hydrogen-bond donors (Lipinski definition) is 1. The van der Waals surface area contributed by atoms with Gasteiger partial charge in [0.05, 0.1) is 6.04 Å². The van der Waals surface area contributed by atoms with Crippen LogP contribution in [0.5, 0.6) is 0 Å². The number of carbonyl (C=O) groups is 1. The van der Waals surface area contributed by atoms with E-state index >= 15 is 0 Å². The van der Waals surface area contributed by atoms with Crippen LogP contribution in [0.15, 0.2) is 24.5 Å². The van der Waals surface area contributed by atoms with Crippen LogP contribution in [0.4, 0.5) is 0 Å². The molecule has 0 saturated heterocycles. The van der Waals surface area contributed by atoms with Gasteiger partial charge >= 0.3 is 0 Å². The number of hydrogen-bond acceptors (Lipinski definition) is 2. The molecule has 0 aliphatic heterocycles. The van der Waals surface area contributed by atoms with Crippen LogP contribution in [0.2, 0.25) is 0 Å². The van der Waals surface area contributed by atoms with Gasteiger partial charge in [0.2, 0.25) is 5.91 Å². The molecule has 1 atom stereocenters. The van der Waals surface area contributed by atoms with E-state index in [4.69, 9.17) is 0 Å². The van der Waals surface area contributed by atoms with Crippen molar-refractivity contribution in [2.45, 2.75) is 33.2 Å². The van der Waals surface area contributed by atoms with E-state index in [9.17, 15) is 4.79 Å². The summed E-state index contributed by atoms with van der Waals surface area (Å²) in [6, 6.07) is 3.87. The van der Waals surface area contributed by atoms with E-state index in [0.717, 1.165) is 5.56 Å². The van der Waals surface area contributed by atoms with E-state index in [1.165, 1.54) is 0 Å². The van der Waals surface area contributed by atoms with Crippen LogP contribution in [0, 0.1) is 5.92 Å². The Kier molecular flexibility index (Phi) is 4.28. The highest BCUT2D eigenvalue weighted by Crippen LogP contribution is 2.10. The standard InChI is InChI=1S/C12H18N2O/c1-9(2)7-12(15)14-10(3)11-5-4-6-13-8-11/h4-6,8-10H,7H2,1-3H3,(H,14,15)/t10-/m0/s1. The summed E-state index contributed by atoms with van der Waals surface area (Å²) < 4.78 is 0. The zero-order chi connectivity index (χ0) is 11.3. The third kappa shape index (κ3) is 4.11. The van der Waals surface area contributed by atoms with Gasteiger partial charge in [-0.15, -0.1) is 0 Å². The van der Waals surface area contributed by atoms with E-state index in [2.05, 4.69) is 10.3 Å². The molecule has 0 spiro atoms. The fourth-order valence-corrected chi connectivity index (χ4v) is 1.39. The molecule has 0 radical (unpaired) electrons. The first-order valence-corrected chi connectivity index (χ1v) is 5.29. The Bertz CT molecular complexity index is 309. The van der Waals surface area contributed by atoms with E-state index in [-0.39, 0.29) is 11.9 Å². The monoisotopic (exact) mass is 206 g/mol. The lowest BCUT2D eigenvalue weighted by Crippen LogP contribution is -2.27. The minimum atomic E-state index is 0.0324. The van der Waals surface area contributed by atoms with Crippen molar-refractivity contribution < 1.29 is 4.79 Å². The topological polar surface area (TPSA) is 42.0 Å². The Morgan fingerprint density at radius 1 is 1.47 bits per heavy atom. The summed E-state index contributed by atoms with van der Waals surface area (Å²) in [6.45, 7) is 6.04. The summed E-state index contributed by atoms with van der Waals surface area (Å²) >= 11 is 0. The molecule has 3 heteroatoms. The van der Waals surface area contributed by atoms with E-state index in [0.29, 0.717) is 12.3 Å². The molecule has 82 valence electrons. The molecular weight excluding hydrogens is 188 g/mol. The summed E-state index contributed by atoms with van der Waals surface area (Å²) in [6.07, 6.45) is 4.08. The first-order valence-electron chi connectivity index (χ1n) is 5.29. The molecule has 0 aliphatic carbocycles. The van der Waals surface area contributed by atoms with Crippen LogP contribution in [0.3, 0.4) is 0 Å². The van der Waals surface area contributed by atoms with E-state index in [1.807, 2.05) is 32.9 Å². The maximum absolute atomic E-state index is 11.5. The lowest BCUT2D eigenvalue weighted by atomic mass is 10.1. The third-order valence-corrected chi connectivity index (χ3v) is 2.16. The highest BCUT2D eigenvalue weighted by molar-refractivity contribution is 5.76. The van der Waals surface area contributed by atoms with Gasteiger partial charge in [0.25, 0.3) is 0 Å². The molecule has 1 amide bonds. The van der Waals surface area contributed by atoms with Crippen molar-refractivity contribution in [3.8, 4) is 0 Å². The van der Waals surface area contributed by atoms with Crippen molar-refractivity contribution >= 4 is 5.91 Å². The van der Waals surface area contributed by atoms with Crippen LogP contribution in [0.1, 0.15) is 38.8 Å². The van der Waals surface area contributed by atoms with Gasteiger partial charge in [-0.2, -0.15) is 0 Å². The molecule has 3 nitrogen and oxygen atoms in total. The van der Waals surface area contributed by atoms with Crippen LogP contribution in [-0.4, -0.2) is 10.9 Å². The molecule has 1 aromatic rings. The fourth-order valence-electron chi connectivity index (χ4n) is 1.39. The molecule has 0 aliphatic rings. The summed E-state index contributed by atoms with van der Waals surface area (Å²) in [5, 5.41) is 2.95. The second kappa shape index (κ2) is 5.49. The van der Waals surface area contributed by atoms with Gasteiger partial charge < -0.3 is 5.32 Å². The Balaban J connectivity index is 2.49. The van der Waals surface area contributed by atoms with Crippen LogP contribution in [0.25, 0.3) is 0 Å². The average molecular weight is 206 g/mol. The molecular formula is C12H18N2O. The lowest BCUT2D eigenvalue weighted by Gasteiger charge is -2.14. The molecule has 0 unspecified atom stereocenters. The molecule has 1 heterocycles. The number of carbonyl (C=O) groups excluding carboxylic acids is 1. The van der Waals surface area contributed by atoms with E-state index < -0.39 is 0 Å². The maximum atomic E-state index is 11.5. The van der Waals surface area contributed by atoms with Gasteiger partial charge in [0.1, 0.15) is 0 Å². The highest BCUT2D eigenvalue weighted by atomic mass is 16.1. The van der Waals surface area contributed by atoms with Gasteiger partial charge in [-0.3, -0.25) is 9.78 Å². The molecule has 15 heavy (non-hydrogen) atoms. The Morgan fingerprint density at radius 3 is 2.73 bits per heavy atom. The Hall–Kier alpha value is -1.38. The highest BCUT2D eigenvalue weighted by Gasteiger charge is 2.10. The number of rotatable bonds is 4. The zero-order valence-electron chi connectivity index (χ0n) is 9.53. The maximum Gasteiger partial charge on any atom is 0.220 e. The van der Waals surface area contributed by atoms with Crippen molar-refractivity contribution in [2.75, 3.05) is 0 Å². The third-order valence-electron chi connectivity index (χ3n) is 2.16. The van der Waals surface area contributed by atoms with Gasteiger partial charge in [-0.25, -0.2) is 0 Å². The second-order valence-electron chi connectivity index (χ2n) is 4.17. The fraction of sp³-hybridized carbons (Fsp3) is 0.500. The first-order chi connectivity index (χ1) is 7.09. The molecule has 1 aromatic heterocycles. The molecule has 1 rings (SSSR count). The van der Waals surface area contributed by atoms with Crippen LogP contribution in [-0.2, 0) is 4.79 Å². The Labute approximate surface area is 90.9 Å². The number of pyridine rings is 1. The van der Waals surface area contributed by atoms with Gasteiger partial charge in [0.15, 0.2) is 0 Å². The van der Waals surface area contributed by atoms with Crippen molar-refractivity contribution in [3.05, 3.63) is 30.1 Å². The van der Waals surface area contributed by atoms with Crippen LogP contribution >= 0.6 is 0 Å². The SMILES string of the molecule is CC(C)CC(=O)N[C@@H](C)c1cccnc1. The normalized spacial score (nSPS) is 12.5. The van der Waals surface area contributed by atoms with E-state index in [1.54, 1.807) is 12.4 Å². The minimum Gasteiger partial charge on any atom is -0.350 e. The predicted octanol–water partition coefficient (Wildman–Crippen LogP) is 2.30. The largest absolute Gasteiger partial charge is 0.350 e. The number of aromatic nitrogens is 1. The summed E-state index contributed by atoms with van der Waals surface area (Å²) in [4.78, 5) is 15.5. The van der Waals surface area contributed by atoms with Crippen molar-refractivity contribution in [1.82, 2.24) is 10.3 Å². The quantitative estimate of drug-likeness (QED) is 0.821. The summed E-state index contributed by atoms with van der Waals surface area (Å²) in [5.74, 6) is 0.493. The smallest absolute Gasteiger partial charge is 0.220 e. The van der Waals surface area contributed by atoms with Gasteiger partial charge in [-0.1, -0.05) is 19.9 Å². The average Bonchev–Trinajstić information content (AvgIpc) is 2.17. The molecule has 0 saturated carbocycles. The molecule has 1 N–H and O–H groups in total. The first kappa shape index (κ1) is 11.7. The Morgan fingerprint density at radius 2 is 2.20 bits per heavy atom. The summed E-state index contributed by atoms with van der Waals surface area (Å²) in [7, 11) is 0.